The highest BCUT2D eigenvalue weighted by molar-refractivity contribution is 6.31. The van der Waals surface area contributed by atoms with Gasteiger partial charge in [0.15, 0.2) is 11.7 Å². The van der Waals surface area contributed by atoms with E-state index in [1.54, 1.807) is 25.2 Å². The van der Waals surface area contributed by atoms with Gasteiger partial charge in [0.05, 0.1) is 6.20 Å². The zero-order valence-electron chi connectivity index (χ0n) is 14.6. The van der Waals surface area contributed by atoms with Crippen LogP contribution in [0.5, 0.6) is 0 Å². The van der Waals surface area contributed by atoms with Crippen molar-refractivity contribution < 1.29 is 18.0 Å². The van der Waals surface area contributed by atoms with Crippen LogP contribution in [0.15, 0.2) is 53.1 Å². The van der Waals surface area contributed by atoms with Gasteiger partial charge >= 0.3 is 0 Å². The summed E-state index contributed by atoms with van der Waals surface area (Å²) in [5.74, 6) is -0.0549. The maximum Gasteiger partial charge on any atom is 0.223 e. The lowest BCUT2D eigenvalue weighted by Crippen LogP contribution is -2.27. The molecule has 1 aromatic heterocycles. The van der Waals surface area contributed by atoms with Gasteiger partial charge in [-0.25, -0.2) is 13.8 Å². The fourth-order valence-corrected chi connectivity index (χ4v) is 2.81. The Bertz CT molecular complexity index is 921. The minimum absolute atomic E-state index is 0.0801. The lowest BCUT2D eigenvalue weighted by atomic mass is 10.2. The monoisotopic (exact) mass is 390 g/mol. The van der Waals surface area contributed by atoms with Gasteiger partial charge in [-0.3, -0.25) is 4.79 Å². The van der Waals surface area contributed by atoms with Crippen LogP contribution >= 0.6 is 11.6 Å². The molecule has 4 nitrogen and oxygen atoms in total. The third-order valence-corrected chi connectivity index (χ3v) is 4.47. The van der Waals surface area contributed by atoms with E-state index in [-0.39, 0.29) is 35.3 Å². The molecule has 0 aliphatic heterocycles. The molecule has 0 spiro atoms. The minimum Gasteiger partial charge on any atom is -0.441 e. The molecule has 3 aromatic rings. The van der Waals surface area contributed by atoms with E-state index in [4.69, 9.17) is 16.0 Å². The first kappa shape index (κ1) is 19.0. The summed E-state index contributed by atoms with van der Waals surface area (Å²) in [5, 5.41) is 0.284. The van der Waals surface area contributed by atoms with E-state index in [1.807, 2.05) is 0 Å². The van der Waals surface area contributed by atoms with E-state index in [0.717, 1.165) is 0 Å². The van der Waals surface area contributed by atoms with Gasteiger partial charge in [0.1, 0.15) is 11.6 Å². The predicted molar refractivity (Wildman–Crippen MR) is 98.1 cm³/mol. The highest BCUT2D eigenvalue weighted by atomic mass is 35.5. The summed E-state index contributed by atoms with van der Waals surface area (Å²) in [6, 6.07) is 10.3. The van der Waals surface area contributed by atoms with Crippen molar-refractivity contribution in [1.29, 1.82) is 0 Å². The molecule has 0 unspecified atom stereocenters. The second-order valence-electron chi connectivity index (χ2n) is 6.08. The first-order valence-corrected chi connectivity index (χ1v) is 8.69. The van der Waals surface area contributed by atoms with Crippen molar-refractivity contribution >= 4 is 17.5 Å². The summed E-state index contributed by atoms with van der Waals surface area (Å²) >= 11 is 6.00. The van der Waals surface area contributed by atoms with E-state index in [1.165, 1.54) is 35.4 Å². The van der Waals surface area contributed by atoms with Crippen LogP contribution in [0, 0.1) is 11.6 Å². The standard InChI is InChI=1S/C20H17ClF2N2O2/c1-25(12-15-16(21)3-2-4-17(15)23)20(26)10-9-19-24-11-18(27-19)13-5-7-14(22)8-6-13/h2-8,11H,9-10,12H2,1H3. The molecule has 1 amide bonds. The Kier molecular flexibility index (Phi) is 5.86. The molecule has 0 saturated heterocycles. The summed E-state index contributed by atoms with van der Waals surface area (Å²) in [5.41, 5.74) is 0.984. The Morgan fingerprint density at radius 1 is 1.19 bits per heavy atom. The van der Waals surface area contributed by atoms with Crippen LogP contribution < -0.4 is 0 Å². The van der Waals surface area contributed by atoms with Gasteiger partial charge in [-0.15, -0.1) is 0 Å². The van der Waals surface area contributed by atoms with Crippen molar-refractivity contribution in [3.63, 3.8) is 0 Å². The number of rotatable bonds is 6. The fourth-order valence-electron chi connectivity index (χ4n) is 2.59. The summed E-state index contributed by atoms with van der Waals surface area (Å²) in [6.45, 7) is 0.0801. The first-order valence-electron chi connectivity index (χ1n) is 8.31. The summed E-state index contributed by atoms with van der Waals surface area (Å²) in [4.78, 5) is 17.9. The smallest absolute Gasteiger partial charge is 0.223 e. The number of amides is 1. The number of carbonyl (C=O) groups excluding carboxylic acids is 1. The third kappa shape index (κ3) is 4.71. The van der Waals surface area contributed by atoms with Crippen LogP contribution in [0.4, 0.5) is 8.78 Å². The molecule has 0 saturated carbocycles. The molecule has 0 aliphatic carbocycles. The van der Waals surface area contributed by atoms with Crippen molar-refractivity contribution in [2.75, 3.05) is 7.05 Å². The number of hydrogen-bond acceptors (Lipinski definition) is 3. The van der Waals surface area contributed by atoms with E-state index >= 15 is 0 Å². The molecule has 7 heteroatoms. The van der Waals surface area contributed by atoms with E-state index in [2.05, 4.69) is 4.98 Å². The molecule has 140 valence electrons. The Morgan fingerprint density at radius 2 is 1.93 bits per heavy atom. The second kappa shape index (κ2) is 8.31. The number of halogens is 3. The zero-order chi connectivity index (χ0) is 19.4. The van der Waals surface area contributed by atoms with Crippen LogP contribution in [0.25, 0.3) is 11.3 Å². The van der Waals surface area contributed by atoms with Gasteiger partial charge in [-0.05, 0) is 36.4 Å². The number of benzene rings is 2. The second-order valence-corrected chi connectivity index (χ2v) is 6.48. The van der Waals surface area contributed by atoms with Crippen molar-refractivity contribution in [1.82, 2.24) is 9.88 Å². The van der Waals surface area contributed by atoms with Gasteiger partial charge < -0.3 is 9.32 Å². The van der Waals surface area contributed by atoms with Gasteiger partial charge in [0.2, 0.25) is 5.91 Å². The largest absolute Gasteiger partial charge is 0.441 e. The molecular weight excluding hydrogens is 374 g/mol. The molecule has 0 radical (unpaired) electrons. The van der Waals surface area contributed by atoms with Crippen LogP contribution in [0.3, 0.4) is 0 Å². The Morgan fingerprint density at radius 3 is 2.63 bits per heavy atom. The maximum atomic E-state index is 13.8. The van der Waals surface area contributed by atoms with Crippen LogP contribution in [-0.2, 0) is 17.8 Å². The Hall–Kier alpha value is -2.73. The average molecular weight is 391 g/mol. The SMILES string of the molecule is CN(Cc1c(F)cccc1Cl)C(=O)CCc1ncc(-c2ccc(F)cc2)o1. The van der Waals surface area contributed by atoms with Crippen molar-refractivity contribution in [3.8, 4) is 11.3 Å². The van der Waals surface area contributed by atoms with Gasteiger partial charge in [0.25, 0.3) is 0 Å². The van der Waals surface area contributed by atoms with Crippen LogP contribution in [-0.4, -0.2) is 22.8 Å². The Balaban J connectivity index is 1.58. The topological polar surface area (TPSA) is 46.3 Å². The predicted octanol–water partition coefficient (Wildman–Crippen LogP) is 4.86. The molecule has 2 aromatic carbocycles. The van der Waals surface area contributed by atoms with Crippen molar-refractivity contribution in [2.24, 2.45) is 0 Å². The summed E-state index contributed by atoms with van der Waals surface area (Å²) < 4.78 is 32.4. The fraction of sp³-hybridized carbons (Fsp3) is 0.200. The number of oxazole rings is 1. The molecule has 3 rings (SSSR count). The van der Waals surface area contributed by atoms with Gasteiger partial charge in [0, 0.05) is 42.6 Å². The third-order valence-electron chi connectivity index (χ3n) is 4.12. The van der Waals surface area contributed by atoms with Gasteiger partial charge in [-0.1, -0.05) is 17.7 Å². The van der Waals surface area contributed by atoms with Gasteiger partial charge in [-0.2, -0.15) is 0 Å². The Labute approximate surface area is 160 Å². The zero-order valence-corrected chi connectivity index (χ0v) is 15.3. The molecule has 27 heavy (non-hydrogen) atoms. The molecule has 0 atom stereocenters. The number of nitrogens with zero attached hydrogens (tertiary/aromatic N) is 2. The highest BCUT2D eigenvalue weighted by Crippen LogP contribution is 2.22. The summed E-state index contributed by atoms with van der Waals surface area (Å²) in [6.07, 6.45) is 2.00. The molecule has 0 fully saturated rings. The minimum atomic E-state index is -0.446. The quantitative estimate of drug-likeness (QED) is 0.603. The molecule has 0 N–H and O–H groups in total. The summed E-state index contributed by atoms with van der Waals surface area (Å²) in [7, 11) is 1.59. The number of carbonyl (C=O) groups is 1. The normalized spacial score (nSPS) is 10.8. The lowest BCUT2D eigenvalue weighted by Gasteiger charge is -2.18. The van der Waals surface area contributed by atoms with Crippen LogP contribution in [0.2, 0.25) is 5.02 Å². The average Bonchev–Trinajstić information content (AvgIpc) is 3.12. The molecule has 1 heterocycles. The van der Waals surface area contributed by atoms with Crippen molar-refractivity contribution in [3.05, 3.63) is 76.8 Å². The number of aryl methyl sites for hydroxylation is 1. The maximum absolute atomic E-state index is 13.8. The van der Waals surface area contributed by atoms with E-state index in [9.17, 15) is 13.6 Å². The first-order chi connectivity index (χ1) is 12.9. The number of hydrogen-bond donors (Lipinski definition) is 0. The van der Waals surface area contributed by atoms with Crippen molar-refractivity contribution in [2.45, 2.75) is 19.4 Å². The van der Waals surface area contributed by atoms with E-state index < -0.39 is 5.82 Å². The lowest BCUT2D eigenvalue weighted by molar-refractivity contribution is -0.130. The molecular formula is C20H17ClF2N2O2. The number of aromatic nitrogens is 1. The van der Waals surface area contributed by atoms with Crippen LogP contribution in [0.1, 0.15) is 17.9 Å². The van der Waals surface area contributed by atoms with E-state index in [0.29, 0.717) is 23.6 Å². The molecule has 0 aliphatic rings. The molecule has 0 bridgehead atoms. The highest BCUT2D eigenvalue weighted by Gasteiger charge is 2.15.